The topological polar surface area (TPSA) is 106 Å². The van der Waals surface area contributed by atoms with Crippen molar-refractivity contribution in [1.29, 1.82) is 0 Å². The van der Waals surface area contributed by atoms with Gasteiger partial charge in [0.05, 0.1) is 0 Å². The number of anilines is 2. The number of carbonyl (C=O) groups excluding carboxylic acids is 3. The number of benzene rings is 2. The molecule has 6 amide bonds. The summed E-state index contributed by atoms with van der Waals surface area (Å²) in [4.78, 5) is 40.2. The van der Waals surface area contributed by atoms with Gasteiger partial charge in [-0.25, -0.2) is 14.4 Å². The summed E-state index contributed by atoms with van der Waals surface area (Å²) >= 11 is 0. The van der Waals surface area contributed by atoms with E-state index in [0.717, 1.165) is 11.1 Å². The minimum atomic E-state index is -0.755. The highest BCUT2D eigenvalue weighted by Crippen LogP contribution is 2.18. The van der Waals surface area contributed by atoms with Crippen LogP contribution >= 0.6 is 0 Å². The number of aryl methyl sites for hydroxylation is 2. The van der Waals surface area contributed by atoms with Crippen LogP contribution in [-0.2, 0) is 0 Å². The third-order valence-electron chi connectivity index (χ3n) is 5.08. The normalized spacial score (nSPS) is 18.2. The minimum Gasteiger partial charge on any atom is -0.314 e. The smallest absolute Gasteiger partial charge is 0.314 e. The molecule has 4 N–H and O–H groups in total. The summed E-state index contributed by atoms with van der Waals surface area (Å²) in [5.41, 5.74) is 3.15. The number of nitrogens with one attached hydrogen (secondary N) is 4. The van der Waals surface area contributed by atoms with E-state index in [1.165, 1.54) is 9.80 Å². The molecule has 9 heteroatoms. The molecule has 0 aromatic heterocycles. The zero-order valence-electron chi connectivity index (χ0n) is 17.4. The van der Waals surface area contributed by atoms with Crippen LogP contribution in [0, 0.1) is 13.8 Å². The Labute approximate surface area is 175 Å². The van der Waals surface area contributed by atoms with Crippen LogP contribution in [0.3, 0.4) is 0 Å². The number of urea groups is 3. The second-order valence-electron chi connectivity index (χ2n) is 7.22. The molecule has 0 aliphatic carbocycles. The summed E-state index contributed by atoms with van der Waals surface area (Å²) in [5.74, 6) is 0. The van der Waals surface area contributed by atoms with E-state index >= 15 is 0 Å². The molecule has 2 aromatic rings. The molecular weight excluding hydrogens is 384 g/mol. The second kappa shape index (κ2) is 8.73. The zero-order valence-corrected chi connectivity index (χ0v) is 17.4. The lowest BCUT2D eigenvalue weighted by Gasteiger charge is -2.27. The highest BCUT2D eigenvalue weighted by atomic mass is 16.2. The molecule has 1 aliphatic heterocycles. The van der Waals surface area contributed by atoms with Crippen LogP contribution in [-0.4, -0.2) is 54.3 Å². The third-order valence-corrected chi connectivity index (χ3v) is 5.08. The lowest BCUT2D eigenvalue weighted by Crippen LogP contribution is -2.57. The molecule has 2 aromatic carbocycles. The first-order valence-corrected chi connectivity index (χ1v) is 9.54. The Bertz CT molecular complexity index is 888. The van der Waals surface area contributed by atoms with Gasteiger partial charge in [-0.1, -0.05) is 36.4 Å². The van der Waals surface area contributed by atoms with E-state index in [1.54, 1.807) is 26.2 Å². The largest absolute Gasteiger partial charge is 0.323 e. The van der Waals surface area contributed by atoms with Crippen LogP contribution in [0.15, 0.2) is 48.5 Å². The van der Waals surface area contributed by atoms with Crippen molar-refractivity contribution < 1.29 is 14.4 Å². The average Bonchev–Trinajstić information content (AvgIpc) is 2.90. The summed E-state index contributed by atoms with van der Waals surface area (Å²) in [6, 6.07) is 13.5. The van der Waals surface area contributed by atoms with Crippen molar-refractivity contribution in [1.82, 2.24) is 20.4 Å². The number of carbonyl (C=O) groups is 3. The fourth-order valence-electron chi connectivity index (χ4n) is 3.27. The van der Waals surface area contributed by atoms with Gasteiger partial charge in [0.1, 0.15) is 12.3 Å². The van der Waals surface area contributed by atoms with E-state index in [0.29, 0.717) is 11.4 Å². The van der Waals surface area contributed by atoms with Crippen LogP contribution in [0.25, 0.3) is 0 Å². The van der Waals surface area contributed by atoms with E-state index in [1.807, 2.05) is 50.2 Å². The molecule has 30 heavy (non-hydrogen) atoms. The van der Waals surface area contributed by atoms with Crippen LogP contribution < -0.4 is 21.3 Å². The van der Waals surface area contributed by atoms with Crippen molar-refractivity contribution in [2.75, 3.05) is 24.7 Å². The summed E-state index contributed by atoms with van der Waals surface area (Å²) in [6.45, 7) is 3.77. The molecule has 0 spiro atoms. The maximum Gasteiger partial charge on any atom is 0.323 e. The Hall–Kier alpha value is -3.75. The van der Waals surface area contributed by atoms with Gasteiger partial charge in [0.25, 0.3) is 0 Å². The molecule has 1 heterocycles. The molecule has 0 saturated carbocycles. The molecular formula is C21H26N6O3. The highest BCUT2D eigenvalue weighted by Gasteiger charge is 2.43. The van der Waals surface area contributed by atoms with E-state index < -0.39 is 24.4 Å². The molecule has 0 unspecified atom stereocenters. The van der Waals surface area contributed by atoms with Crippen molar-refractivity contribution in [3.8, 4) is 0 Å². The maximum atomic E-state index is 12.5. The first kappa shape index (κ1) is 21.0. The SMILES string of the molecule is Cc1ccccc1NC(=O)N[C@@H]1[C@@H](NC(=O)Nc2ccccc2C)N(C)C(=O)N1C. The fourth-order valence-corrected chi connectivity index (χ4v) is 3.27. The third kappa shape index (κ3) is 4.45. The van der Waals surface area contributed by atoms with Gasteiger partial charge in [-0.15, -0.1) is 0 Å². The van der Waals surface area contributed by atoms with Gasteiger partial charge in [-0.2, -0.15) is 0 Å². The summed E-state index contributed by atoms with van der Waals surface area (Å²) < 4.78 is 0. The first-order valence-electron chi connectivity index (χ1n) is 9.54. The second-order valence-corrected chi connectivity index (χ2v) is 7.22. The Kier molecular flexibility index (Phi) is 6.10. The number of para-hydroxylation sites is 2. The van der Waals surface area contributed by atoms with Crippen molar-refractivity contribution in [2.45, 2.75) is 26.2 Å². The van der Waals surface area contributed by atoms with Crippen LogP contribution in [0.4, 0.5) is 25.8 Å². The van der Waals surface area contributed by atoms with Gasteiger partial charge in [0, 0.05) is 25.5 Å². The average molecular weight is 410 g/mol. The fraction of sp³-hybridized carbons (Fsp3) is 0.286. The molecule has 2 atom stereocenters. The summed E-state index contributed by atoms with van der Waals surface area (Å²) in [5, 5.41) is 11.1. The van der Waals surface area contributed by atoms with Gasteiger partial charge in [-0.3, -0.25) is 0 Å². The Balaban J connectivity index is 1.69. The van der Waals surface area contributed by atoms with Crippen LogP contribution in [0.2, 0.25) is 0 Å². The first-order chi connectivity index (χ1) is 14.3. The zero-order chi connectivity index (χ0) is 21.8. The molecule has 9 nitrogen and oxygen atoms in total. The van der Waals surface area contributed by atoms with Crippen molar-refractivity contribution in [3.63, 3.8) is 0 Å². The van der Waals surface area contributed by atoms with Crippen molar-refractivity contribution >= 4 is 29.5 Å². The van der Waals surface area contributed by atoms with E-state index in [2.05, 4.69) is 21.3 Å². The van der Waals surface area contributed by atoms with Gasteiger partial charge in [0.15, 0.2) is 0 Å². The van der Waals surface area contributed by atoms with Gasteiger partial charge >= 0.3 is 18.1 Å². The highest BCUT2D eigenvalue weighted by molar-refractivity contribution is 5.92. The number of amides is 6. The monoisotopic (exact) mass is 410 g/mol. The predicted molar refractivity (Wildman–Crippen MR) is 115 cm³/mol. The van der Waals surface area contributed by atoms with Crippen molar-refractivity contribution in [3.05, 3.63) is 59.7 Å². The van der Waals surface area contributed by atoms with E-state index in [4.69, 9.17) is 0 Å². The molecule has 0 radical (unpaired) electrons. The van der Waals surface area contributed by atoms with Gasteiger partial charge < -0.3 is 31.1 Å². The maximum absolute atomic E-state index is 12.5. The molecule has 1 fully saturated rings. The summed E-state index contributed by atoms with van der Waals surface area (Å²) in [6.07, 6.45) is -1.51. The number of nitrogens with zero attached hydrogens (tertiary/aromatic N) is 2. The predicted octanol–water partition coefficient (Wildman–Crippen LogP) is 2.90. The Morgan fingerprint density at radius 1 is 0.733 bits per heavy atom. The lowest BCUT2D eigenvalue weighted by atomic mass is 10.2. The summed E-state index contributed by atoms with van der Waals surface area (Å²) in [7, 11) is 3.14. The standard InChI is InChI=1S/C21H26N6O3/c1-13-9-5-7-11-15(13)22-19(28)24-17-18(27(4)21(30)26(17)3)25-20(29)23-16-12-8-6-10-14(16)2/h5-12,17-18H,1-4H3,(H2,22,24,28)(H2,23,25,29)/t17-,18-/m0/s1. The minimum absolute atomic E-state index is 0.322. The number of hydrogen-bond donors (Lipinski definition) is 4. The van der Waals surface area contributed by atoms with Gasteiger partial charge in [-0.05, 0) is 37.1 Å². The van der Waals surface area contributed by atoms with Crippen molar-refractivity contribution in [2.24, 2.45) is 0 Å². The molecule has 1 aliphatic rings. The lowest BCUT2D eigenvalue weighted by molar-refractivity contribution is 0.197. The molecule has 1 saturated heterocycles. The Morgan fingerprint density at radius 3 is 1.47 bits per heavy atom. The van der Waals surface area contributed by atoms with E-state index in [9.17, 15) is 14.4 Å². The van der Waals surface area contributed by atoms with Crippen LogP contribution in [0.5, 0.6) is 0 Å². The number of likely N-dealkylation sites (N-methyl/N-ethyl adjacent to an activating group) is 2. The molecule has 3 rings (SSSR count). The number of rotatable bonds is 4. The number of hydrogen-bond acceptors (Lipinski definition) is 3. The quantitative estimate of drug-likeness (QED) is 0.623. The van der Waals surface area contributed by atoms with Gasteiger partial charge in [0.2, 0.25) is 0 Å². The molecule has 0 bridgehead atoms. The van der Waals surface area contributed by atoms with Crippen LogP contribution in [0.1, 0.15) is 11.1 Å². The molecule has 158 valence electrons. The Morgan fingerprint density at radius 2 is 1.10 bits per heavy atom. The van der Waals surface area contributed by atoms with E-state index in [-0.39, 0.29) is 6.03 Å².